The van der Waals surface area contributed by atoms with E-state index in [0.29, 0.717) is 0 Å². The minimum atomic E-state index is -4.07. The molecule has 0 saturated heterocycles. The molecule has 0 bridgehead atoms. The third kappa shape index (κ3) is 3.46. The molecule has 0 saturated carbocycles. The van der Waals surface area contributed by atoms with Crippen molar-refractivity contribution < 1.29 is 17.4 Å². The number of carbonyl (C=O) groups excluding carboxylic acids is 1. The standard InChI is InChI=1S/C15H18N2O4SSi/c1-11-5-7-12(8-6-11)22(19,20)21-14-10-17(23(2,3)4)15(18)13(14)9-16/h5-8H,10H2,1-4H3. The van der Waals surface area contributed by atoms with E-state index in [-0.39, 0.29) is 22.8 Å². The van der Waals surface area contributed by atoms with Crippen molar-refractivity contribution in [2.24, 2.45) is 0 Å². The topological polar surface area (TPSA) is 87.5 Å². The van der Waals surface area contributed by atoms with Crippen molar-refractivity contribution in [2.45, 2.75) is 31.5 Å². The quantitative estimate of drug-likeness (QED) is 0.613. The van der Waals surface area contributed by atoms with Crippen LogP contribution < -0.4 is 0 Å². The lowest BCUT2D eigenvalue weighted by molar-refractivity contribution is -0.121. The number of aryl methyl sites for hydroxylation is 1. The van der Waals surface area contributed by atoms with Gasteiger partial charge in [-0.2, -0.15) is 13.7 Å². The summed E-state index contributed by atoms with van der Waals surface area (Å²) >= 11 is 0. The van der Waals surface area contributed by atoms with Crippen LogP contribution in [0.2, 0.25) is 19.6 Å². The Morgan fingerprint density at radius 1 is 1.22 bits per heavy atom. The van der Waals surface area contributed by atoms with Crippen molar-refractivity contribution in [1.29, 1.82) is 5.26 Å². The highest BCUT2D eigenvalue weighted by Crippen LogP contribution is 2.28. The van der Waals surface area contributed by atoms with E-state index in [0.717, 1.165) is 5.56 Å². The molecule has 0 spiro atoms. The van der Waals surface area contributed by atoms with Crippen LogP contribution in [0.15, 0.2) is 40.5 Å². The van der Waals surface area contributed by atoms with Gasteiger partial charge in [0.2, 0.25) is 0 Å². The van der Waals surface area contributed by atoms with Crippen molar-refractivity contribution >= 4 is 24.3 Å². The molecule has 23 heavy (non-hydrogen) atoms. The number of nitriles is 1. The first kappa shape index (κ1) is 17.2. The van der Waals surface area contributed by atoms with Crippen LogP contribution in [0.5, 0.6) is 0 Å². The van der Waals surface area contributed by atoms with Crippen LogP contribution in [0.4, 0.5) is 0 Å². The lowest BCUT2D eigenvalue weighted by Crippen LogP contribution is -2.47. The third-order valence-corrected chi connectivity index (χ3v) is 6.73. The van der Waals surface area contributed by atoms with E-state index in [9.17, 15) is 18.5 Å². The van der Waals surface area contributed by atoms with E-state index >= 15 is 0 Å². The van der Waals surface area contributed by atoms with Gasteiger partial charge < -0.3 is 8.75 Å². The average Bonchev–Trinajstić information content (AvgIpc) is 2.74. The van der Waals surface area contributed by atoms with Crippen LogP contribution in [-0.2, 0) is 19.1 Å². The van der Waals surface area contributed by atoms with Crippen LogP contribution in [0.25, 0.3) is 0 Å². The van der Waals surface area contributed by atoms with Crippen LogP contribution in [-0.4, -0.2) is 33.7 Å². The number of carbonyl (C=O) groups is 1. The monoisotopic (exact) mass is 350 g/mol. The van der Waals surface area contributed by atoms with Gasteiger partial charge in [-0.25, -0.2) is 0 Å². The van der Waals surface area contributed by atoms with Crippen molar-refractivity contribution in [3.8, 4) is 6.07 Å². The van der Waals surface area contributed by atoms with Gasteiger partial charge >= 0.3 is 10.1 Å². The molecule has 1 heterocycles. The van der Waals surface area contributed by atoms with Gasteiger partial charge in [0.05, 0.1) is 6.54 Å². The van der Waals surface area contributed by atoms with Gasteiger partial charge in [-0.05, 0) is 19.1 Å². The lowest BCUT2D eigenvalue weighted by Gasteiger charge is -2.29. The van der Waals surface area contributed by atoms with Crippen molar-refractivity contribution in [3.05, 3.63) is 41.2 Å². The molecule has 0 unspecified atom stereocenters. The summed E-state index contributed by atoms with van der Waals surface area (Å²) in [6.07, 6.45) is 0. The van der Waals surface area contributed by atoms with Crippen molar-refractivity contribution in [1.82, 2.24) is 4.57 Å². The molecule has 0 aliphatic carbocycles. The summed E-state index contributed by atoms with van der Waals surface area (Å²) < 4.78 is 31.3. The molecule has 0 N–H and O–H groups in total. The molecule has 1 aromatic carbocycles. The number of benzene rings is 1. The molecule has 8 heteroatoms. The smallest absolute Gasteiger partial charge is 0.339 e. The van der Waals surface area contributed by atoms with E-state index < -0.39 is 24.3 Å². The highest BCUT2D eigenvalue weighted by Gasteiger charge is 2.40. The SMILES string of the molecule is Cc1ccc(S(=O)(=O)OC2=C(C#N)C(=O)N([Si](C)(C)C)C2)cc1. The molecule has 6 nitrogen and oxygen atoms in total. The molecule has 0 fully saturated rings. The van der Waals surface area contributed by atoms with Gasteiger partial charge in [-0.15, -0.1) is 0 Å². The lowest BCUT2D eigenvalue weighted by atomic mass is 10.2. The Hall–Kier alpha value is -2.11. The van der Waals surface area contributed by atoms with Crippen molar-refractivity contribution in [2.75, 3.05) is 6.54 Å². The van der Waals surface area contributed by atoms with E-state index in [4.69, 9.17) is 4.18 Å². The Labute approximate surface area is 137 Å². The molecule has 1 aromatic rings. The fourth-order valence-electron chi connectivity index (χ4n) is 2.15. The second kappa shape index (κ2) is 5.83. The number of amides is 1. The predicted octanol–water partition coefficient (Wildman–Crippen LogP) is 2.16. The number of nitrogens with zero attached hydrogens (tertiary/aromatic N) is 2. The fraction of sp³-hybridized carbons (Fsp3) is 0.333. The summed E-state index contributed by atoms with van der Waals surface area (Å²) in [4.78, 5) is 12.3. The van der Waals surface area contributed by atoms with Gasteiger partial charge in [-0.1, -0.05) is 37.3 Å². The second-order valence-corrected chi connectivity index (χ2v) is 12.8. The Morgan fingerprint density at radius 2 is 1.78 bits per heavy atom. The van der Waals surface area contributed by atoms with E-state index in [1.165, 1.54) is 12.1 Å². The first-order chi connectivity index (χ1) is 10.6. The highest BCUT2D eigenvalue weighted by atomic mass is 32.2. The first-order valence-corrected chi connectivity index (χ1v) is 11.9. The normalized spacial score (nSPS) is 15.8. The van der Waals surface area contributed by atoms with Gasteiger partial charge in [0, 0.05) is 0 Å². The van der Waals surface area contributed by atoms with Crippen LogP contribution in [0.3, 0.4) is 0 Å². The summed E-state index contributed by atoms with van der Waals surface area (Å²) in [5.41, 5.74) is 0.685. The van der Waals surface area contributed by atoms with Crippen molar-refractivity contribution in [3.63, 3.8) is 0 Å². The Bertz CT molecular complexity index is 815. The molecule has 2 rings (SSSR count). The zero-order valence-electron chi connectivity index (χ0n) is 13.5. The summed E-state index contributed by atoms with van der Waals surface area (Å²) in [6.45, 7) is 7.68. The van der Waals surface area contributed by atoms with E-state index in [1.54, 1.807) is 22.8 Å². The maximum Gasteiger partial charge on any atom is 0.339 e. The zero-order chi connectivity index (χ0) is 17.4. The molecular formula is C15H18N2O4SSi. The largest absolute Gasteiger partial charge is 0.380 e. The van der Waals surface area contributed by atoms with Crippen LogP contribution in [0.1, 0.15) is 5.56 Å². The summed E-state index contributed by atoms with van der Waals surface area (Å²) in [7, 11) is -6.10. The summed E-state index contributed by atoms with van der Waals surface area (Å²) in [5, 5.41) is 9.18. The number of rotatable bonds is 4. The maximum atomic E-state index is 12.3. The zero-order valence-corrected chi connectivity index (χ0v) is 15.3. The summed E-state index contributed by atoms with van der Waals surface area (Å²) in [5.74, 6) is -0.554. The Morgan fingerprint density at radius 3 is 2.26 bits per heavy atom. The third-order valence-electron chi connectivity index (χ3n) is 3.48. The molecule has 1 aliphatic rings. The maximum absolute atomic E-state index is 12.3. The minimum Gasteiger partial charge on any atom is -0.380 e. The second-order valence-electron chi connectivity index (χ2n) is 6.32. The molecular weight excluding hydrogens is 332 g/mol. The van der Waals surface area contributed by atoms with Gasteiger partial charge in [0.15, 0.2) is 19.6 Å². The molecule has 0 aromatic heterocycles. The van der Waals surface area contributed by atoms with Gasteiger partial charge in [0.25, 0.3) is 5.91 Å². The predicted molar refractivity (Wildman–Crippen MR) is 87.1 cm³/mol. The molecule has 1 aliphatic heterocycles. The highest BCUT2D eigenvalue weighted by molar-refractivity contribution is 7.86. The van der Waals surface area contributed by atoms with E-state index in [1.807, 2.05) is 26.6 Å². The molecule has 122 valence electrons. The van der Waals surface area contributed by atoms with Gasteiger partial charge in [-0.3, -0.25) is 4.79 Å². The van der Waals surface area contributed by atoms with Gasteiger partial charge in [0.1, 0.15) is 11.0 Å². The first-order valence-electron chi connectivity index (χ1n) is 7.02. The number of hydrogen-bond donors (Lipinski definition) is 0. The molecule has 0 atom stereocenters. The average molecular weight is 350 g/mol. The summed E-state index contributed by atoms with van der Waals surface area (Å²) in [6, 6.07) is 7.95. The Kier molecular flexibility index (Phi) is 4.37. The number of hydrogen-bond acceptors (Lipinski definition) is 5. The van der Waals surface area contributed by atoms with E-state index in [2.05, 4.69) is 0 Å². The molecule has 0 radical (unpaired) electrons. The minimum absolute atomic E-state index is 0.00760. The molecule has 1 amide bonds. The fourth-order valence-corrected chi connectivity index (χ4v) is 4.46. The Balaban J connectivity index is 2.35. The van der Waals surface area contributed by atoms with Crippen LogP contribution in [0, 0.1) is 18.3 Å². The van der Waals surface area contributed by atoms with Crippen LogP contribution >= 0.6 is 0 Å².